The predicted octanol–water partition coefficient (Wildman–Crippen LogP) is 4.45. The number of methoxy groups -OCH3 is 1. The van der Waals surface area contributed by atoms with Crippen LogP contribution in [0.25, 0.3) is 0 Å². The first-order valence-corrected chi connectivity index (χ1v) is 7.99. The summed E-state index contributed by atoms with van der Waals surface area (Å²) in [7, 11) is 1.70. The van der Waals surface area contributed by atoms with Gasteiger partial charge in [-0.25, -0.2) is 4.39 Å². The quantitative estimate of drug-likeness (QED) is 0.815. The van der Waals surface area contributed by atoms with Crippen molar-refractivity contribution in [1.29, 1.82) is 0 Å². The van der Waals surface area contributed by atoms with Crippen molar-refractivity contribution >= 4 is 5.78 Å². The smallest absolute Gasteiger partial charge is 0.140 e. The average Bonchev–Trinajstić information content (AvgIpc) is 2.91. The molecule has 0 fully saturated rings. The Kier molecular flexibility index (Phi) is 4.58. The van der Waals surface area contributed by atoms with Crippen LogP contribution in [-0.4, -0.2) is 12.9 Å². The molecule has 0 radical (unpaired) electrons. The number of rotatable bonds is 5. The molecule has 0 saturated heterocycles. The molecule has 1 aliphatic rings. The van der Waals surface area contributed by atoms with Crippen molar-refractivity contribution in [2.45, 2.75) is 31.8 Å². The summed E-state index contributed by atoms with van der Waals surface area (Å²) in [6.45, 7) is 1.89. The molecule has 120 valence electrons. The fourth-order valence-corrected chi connectivity index (χ4v) is 3.51. The maximum absolute atomic E-state index is 13.0. The van der Waals surface area contributed by atoms with E-state index in [9.17, 15) is 9.18 Å². The number of carbonyl (C=O) groups is 1. The van der Waals surface area contributed by atoms with E-state index >= 15 is 0 Å². The molecule has 2 aromatic carbocycles. The van der Waals surface area contributed by atoms with Gasteiger partial charge >= 0.3 is 0 Å². The molecule has 0 amide bonds. The number of hydrogen-bond donors (Lipinski definition) is 0. The topological polar surface area (TPSA) is 26.3 Å². The molecule has 0 aromatic heterocycles. The average molecular weight is 312 g/mol. The molecule has 0 heterocycles. The lowest BCUT2D eigenvalue weighted by atomic mass is 9.88. The minimum atomic E-state index is -0.279. The summed E-state index contributed by atoms with van der Waals surface area (Å²) in [4.78, 5) is 12.6. The highest BCUT2D eigenvalue weighted by Gasteiger charge is 2.34. The number of ketones is 1. The van der Waals surface area contributed by atoms with E-state index < -0.39 is 0 Å². The molecule has 2 nitrogen and oxygen atoms in total. The molecule has 1 aliphatic carbocycles. The SMILES string of the molecule is COC1c2ccccc2CC1CC(=O)[C@@H](C)c1ccc(F)cc1. The zero-order valence-corrected chi connectivity index (χ0v) is 13.5. The highest BCUT2D eigenvalue weighted by atomic mass is 19.1. The minimum Gasteiger partial charge on any atom is -0.376 e. The van der Waals surface area contributed by atoms with Crippen molar-refractivity contribution in [3.63, 3.8) is 0 Å². The molecular weight excluding hydrogens is 291 g/mol. The second-order valence-electron chi connectivity index (χ2n) is 6.26. The van der Waals surface area contributed by atoms with Crippen LogP contribution in [-0.2, 0) is 16.0 Å². The first-order chi connectivity index (χ1) is 11.1. The van der Waals surface area contributed by atoms with E-state index in [0.717, 1.165) is 12.0 Å². The van der Waals surface area contributed by atoms with Gasteiger partial charge in [-0.15, -0.1) is 0 Å². The van der Waals surface area contributed by atoms with Crippen LogP contribution in [0.1, 0.15) is 42.1 Å². The van der Waals surface area contributed by atoms with Crippen molar-refractivity contribution in [2.75, 3.05) is 7.11 Å². The molecule has 0 N–H and O–H groups in total. The molecule has 3 heteroatoms. The first kappa shape index (κ1) is 15.9. The number of Topliss-reactive ketones (excluding diaryl/α,β-unsaturated/α-hetero) is 1. The van der Waals surface area contributed by atoms with Crippen molar-refractivity contribution in [2.24, 2.45) is 5.92 Å². The van der Waals surface area contributed by atoms with Gasteiger partial charge in [0.25, 0.3) is 0 Å². The fraction of sp³-hybridized carbons (Fsp3) is 0.350. The number of carbonyl (C=O) groups excluding carboxylic acids is 1. The Morgan fingerprint density at radius 2 is 1.91 bits per heavy atom. The summed E-state index contributed by atoms with van der Waals surface area (Å²) >= 11 is 0. The van der Waals surface area contributed by atoms with Crippen LogP contribution in [0, 0.1) is 11.7 Å². The second kappa shape index (κ2) is 6.63. The molecular formula is C20H21FO2. The lowest BCUT2D eigenvalue weighted by molar-refractivity contribution is -0.122. The third-order valence-corrected chi connectivity index (χ3v) is 4.84. The second-order valence-corrected chi connectivity index (χ2v) is 6.26. The number of benzene rings is 2. The Balaban J connectivity index is 1.72. The third kappa shape index (κ3) is 3.20. The van der Waals surface area contributed by atoms with Crippen molar-refractivity contribution < 1.29 is 13.9 Å². The van der Waals surface area contributed by atoms with E-state index in [-0.39, 0.29) is 29.5 Å². The monoisotopic (exact) mass is 312 g/mol. The summed E-state index contributed by atoms with van der Waals surface area (Å²) in [5.74, 6) is -0.153. The van der Waals surface area contributed by atoms with Crippen LogP contribution >= 0.6 is 0 Å². The van der Waals surface area contributed by atoms with Crippen LogP contribution in [0.5, 0.6) is 0 Å². The molecule has 0 saturated carbocycles. The van der Waals surface area contributed by atoms with E-state index in [1.165, 1.54) is 23.3 Å². The normalized spacial score (nSPS) is 21.0. The molecule has 2 unspecified atom stereocenters. The highest BCUT2D eigenvalue weighted by Crippen LogP contribution is 2.41. The van der Waals surface area contributed by atoms with E-state index in [0.29, 0.717) is 6.42 Å². The van der Waals surface area contributed by atoms with Gasteiger partial charge in [-0.05, 0) is 35.2 Å². The molecule has 0 bridgehead atoms. The van der Waals surface area contributed by atoms with Crippen LogP contribution in [0.3, 0.4) is 0 Å². The lowest BCUT2D eigenvalue weighted by Crippen LogP contribution is -2.18. The number of hydrogen-bond acceptors (Lipinski definition) is 2. The van der Waals surface area contributed by atoms with E-state index in [1.807, 2.05) is 19.1 Å². The van der Waals surface area contributed by atoms with Gasteiger partial charge in [0.1, 0.15) is 11.6 Å². The van der Waals surface area contributed by atoms with Crippen molar-refractivity contribution in [3.8, 4) is 0 Å². The minimum absolute atomic E-state index is 0.0180. The number of ether oxygens (including phenoxy) is 1. The molecule has 3 atom stereocenters. The fourth-order valence-electron chi connectivity index (χ4n) is 3.51. The van der Waals surface area contributed by atoms with Gasteiger partial charge in [0.2, 0.25) is 0 Å². The van der Waals surface area contributed by atoms with Gasteiger partial charge in [-0.3, -0.25) is 4.79 Å². The van der Waals surface area contributed by atoms with E-state index in [2.05, 4.69) is 12.1 Å². The zero-order chi connectivity index (χ0) is 16.4. The first-order valence-electron chi connectivity index (χ1n) is 7.99. The summed E-state index contributed by atoms with van der Waals surface area (Å²) in [6.07, 6.45) is 1.33. The Morgan fingerprint density at radius 1 is 1.22 bits per heavy atom. The van der Waals surface area contributed by atoms with Crippen molar-refractivity contribution in [3.05, 3.63) is 71.0 Å². The van der Waals surface area contributed by atoms with Gasteiger partial charge in [-0.1, -0.05) is 43.3 Å². The zero-order valence-electron chi connectivity index (χ0n) is 13.5. The van der Waals surface area contributed by atoms with Gasteiger partial charge in [0.15, 0.2) is 0 Å². The largest absolute Gasteiger partial charge is 0.376 e. The van der Waals surface area contributed by atoms with Gasteiger partial charge < -0.3 is 4.74 Å². The molecule has 0 spiro atoms. The molecule has 3 rings (SSSR count). The molecule has 2 aromatic rings. The Morgan fingerprint density at radius 3 is 2.61 bits per heavy atom. The van der Waals surface area contributed by atoms with Gasteiger partial charge in [0.05, 0.1) is 6.10 Å². The van der Waals surface area contributed by atoms with Crippen LogP contribution < -0.4 is 0 Å². The van der Waals surface area contributed by atoms with Gasteiger partial charge in [0, 0.05) is 25.4 Å². The summed E-state index contributed by atoms with van der Waals surface area (Å²) in [5.41, 5.74) is 3.33. The Labute approximate surface area is 136 Å². The molecule has 23 heavy (non-hydrogen) atoms. The number of fused-ring (bicyclic) bond motifs is 1. The maximum Gasteiger partial charge on any atom is 0.140 e. The Bertz CT molecular complexity index is 693. The van der Waals surface area contributed by atoms with Crippen LogP contribution in [0.2, 0.25) is 0 Å². The molecule has 0 aliphatic heterocycles. The van der Waals surface area contributed by atoms with Crippen molar-refractivity contribution in [1.82, 2.24) is 0 Å². The Hall–Kier alpha value is -2.00. The summed E-state index contributed by atoms with van der Waals surface area (Å²) in [6, 6.07) is 14.4. The maximum atomic E-state index is 13.0. The van der Waals surface area contributed by atoms with Gasteiger partial charge in [-0.2, -0.15) is 0 Å². The van der Waals surface area contributed by atoms with Crippen LogP contribution in [0.15, 0.2) is 48.5 Å². The third-order valence-electron chi connectivity index (χ3n) is 4.84. The van der Waals surface area contributed by atoms with E-state index in [4.69, 9.17) is 4.74 Å². The summed E-state index contributed by atoms with van der Waals surface area (Å²) < 4.78 is 18.7. The lowest BCUT2D eigenvalue weighted by Gasteiger charge is -2.20. The standard InChI is InChI=1S/C20H21FO2/c1-13(14-7-9-17(21)10-8-14)19(22)12-16-11-15-5-3-4-6-18(15)20(16)23-2/h3-10,13,16,20H,11-12H2,1-2H3/t13-,16?,20?/m0/s1. The predicted molar refractivity (Wildman–Crippen MR) is 87.8 cm³/mol. The summed E-state index contributed by atoms with van der Waals surface area (Å²) in [5, 5.41) is 0. The highest BCUT2D eigenvalue weighted by molar-refractivity contribution is 5.85. The van der Waals surface area contributed by atoms with Crippen LogP contribution in [0.4, 0.5) is 4.39 Å². The van der Waals surface area contributed by atoms with E-state index in [1.54, 1.807) is 19.2 Å². The number of halogens is 1.